The number of nitrogens with one attached hydrogen (secondary N) is 1. The molecule has 0 saturated carbocycles. The molecule has 0 bridgehead atoms. The van der Waals surface area contributed by atoms with Gasteiger partial charge in [0.2, 0.25) is 5.75 Å². The van der Waals surface area contributed by atoms with E-state index in [0.29, 0.717) is 6.54 Å². The Kier molecular flexibility index (Phi) is 3.95. The van der Waals surface area contributed by atoms with E-state index in [1.165, 1.54) is 12.1 Å². The van der Waals surface area contributed by atoms with Crippen LogP contribution in [0.2, 0.25) is 0 Å². The number of aromatic hydroxyl groups is 2. The summed E-state index contributed by atoms with van der Waals surface area (Å²) in [6.45, 7) is 2.29. The molecule has 3 rings (SSSR count). The third-order valence-corrected chi connectivity index (χ3v) is 3.69. The maximum absolute atomic E-state index is 12.3. The normalized spacial score (nSPS) is 10.7. The first-order chi connectivity index (χ1) is 11.5. The first-order valence-corrected chi connectivity index (χ1v) is 7.28. The number of hydrogen-bond acceptors (Lipinski definition) is 5. The quantitative estimate of drug-likeness (QED) is 0.642. The Morgan fingerprint density at radius 2 is 1.83 bits per heavy atom. The lowest BCUT2D eigenvalue weighted by Crippen LogP contribution is -2.22. The fraction of sp³-hybridized carbons (Fsp3) is 0.111. The number of carbonyl (C=O) groups is 1. The first kappa shape index (κ1) is 15.6. The van der Waals surface area contributed by atoms with Crippen LogP contribution in [0.1, 0.15) is 21.5 Å². The van der Waals surface area contributed by atoms with Gasteiger partial charge in [0.1, 0.15) is 11.3 Å². The molecule has 24 heavy (non-hydrogen) atoms. The summed E-state index contributed by atoms with van der Waals surface area (Å²) in [6.07, 6.45) is 0. The summed E-state index contributed by atoms with van der Waals surface area (Å²) in [6, 6.07) is 11.5. The number of fused-ring (bicyclic) bond motifs is 1. The number of phenolic OH excluding ortho intramolecular Hbond substituents is 1. The third kappa shape index (κ3) is 2.94. The van der Waals surface area contributed by atoms with Gasteiger partial charge in [0.05, 0.1) is 10.9 Å². The van der Waals surface area contributed by atoms with Gasteiger partial charge in [-0.15, -0.1) is 0 Å². The molecule has 0 saturated heterocycles. The molecule has 0 fully saturated rings. The minimum atomic E-state index is -0.904. The van der Waals surface area contributed by atoms with Crippen molar-refractivity contribution in [3.05, 3.63) is 69.6 Å². The van der Waals surface area contributed by atoms with E-state index in [2.05, 4.69) is 5.32 Å². The Labute approximate surface area is 137 Å². The van der Waals surface area contributed by atoms with Gasteiger partial charge >= 0.3 is 5.63 Å². The largest absolute Gasteiger partial charge is 0.506 e. The summed E-state index contributed by atoms with van der Waals surface area (Å²) in [7, 11) is 0. The zero-order valence-electron chi connectivity index (χ0n) is 12.9. The van der Waals surface area contributed by atoms with E-state index in [0.717, 1.165) is 17.2 Å². The standard InChI is InChI=1S/C18H15NO5/c1-10-2-4-11(5-3-10)9-19-17(22)12-6-7-15-13(16(12)21)8-14(20)18(23)24-15/h2-8,20-21H,9H2,1H3,(H,19,22). The van der Waals surface area contributed by atoms with Crippen molar-refractivity contribution in [1.29, 1.82) is 0 Å². The lowest BCUT2D eigenvalue weighted by molar-refractivity contribution is 0.0948. The van der Waals surface area contributed by atoms with Crippen LogP contribution >= 0.6 is 0 Å². The predicted molar refractivity (Wildman–Crippen MR) is 88.2 cm³/mol. The highest BCUT2D eigenvalue weighted by Crippen LogP contribution is 2.29. The molecule has 0 atom stereocenters. The molecule has 6 nitrogen and oxygen atoms in total. The molecule has 0 unspecified atom stereocenters. The van der Waals surface area contributed by atoms with Crippen LogP contribution in [0.5, 0.6) is 11.5 Å². The van der Waals surface area contributed by atoms with Gasteiger partial charge < -0.3 is 19.9 Å². The summed E-state index contributed by atoms with van der Waals surface area (Å²) in [5.41, 5.74) is 1.27. The molecule has 2 aromatic carbocycles. The van der Waals surface area contributed by atoms with E-state index in [4.69, 9.17) is 4.42 Å². The topological polar surface area (TPSA) is 99.8 Å². The van der Waals surface area contributed by atoms with Crippen molar-refractivity contribution >= 4 is 16.9 Å². The average Bonchev–Trinajstić information content (AvgIpc) is 2.56. The number of rotatable bonds is 3. The average molecular weight is 325 g/mol. The highest BCUT2D eigenvalue weighted by molar-refractivity contribution is 6.02. The van der Waals surface area contributed by atoms with Crippen LogP contribution in [0.4, 0.5) is 0 Å². The van der Waals surface area contributed by atoms with E-state index in [1.807, 2.05) is 31.2 Å². The summed E-state index contributed by atoms with van der Waals surface area (Å²) >= 11 is 0. The fourth-order valence-corrected chi connectivity index (χ4v) is 2.33. The Balaban J connectivity index is 1.87. The monoisotopic (exact) mass is 325 g/mol. The highest BCUT2D eigenvalue weighted by atomic mass is 16.4. The van der Waals surface area contributed by atoms with Gasteiger partial charge in [-0.3, -0.25) is 4.79 Å². The van der Waals surface area contributed by atoms with Crippen LogP contribution in [0.25, 0.3) is 11.0 Å². The first-order valence-electron chi connectivity index (χ1n) is 7.28. The van der Waals surface area contributed by atoms with Crippen molar-refractivity contribution < 1.29 is 19.4 Å². The second kappa shape index (κ2) is 6.08. The summed E-state index contributed by atoms with van der Waals surface area (Å²) in [5.74, 6) is -1.45. The van der Waals surface area contributed by atoms with Crippen molar-refractivity contribution in [2.45, 2.75) is 13.5 Å². The molecule has 6 heteroatoms. The zero-order chi connectivity index (χ0) is 17.3. The highest BCUT2D eigenvalue weighted by Gasteiger charge is 2.16. The van der Waals surface area contributed by atoms with Gasteiger partial charge in [-0.25, -0.2) is 4.79 Å². The maximum atomic E-state index is 12.3. The molecule has 0 aliphatic rings. The van der Waals surface area contributed by atoms with Gasteiger partial charge in [-0.1, -0.05) is 29.8 Å². The van der Waals surface area contributed by atoms with Crippen LogP contribution in [-0.4, -0.2) is 16.1 Å². The third-order valence-electron chi connectivity index (χ3n) is 3.69. The number of carbonyl (C=O) groups excluding carboxylic acids is 1. The van der Waals surface area contributed by atoms with Crippen molar-refractivity contribution in [2.75, 3.05) is 0 Å². The van der Waals surface area contributed by atoms with Gasteiger partial charge in [0.25, 0.3) is 5.91 Å². The van der Waals surface area contributed by atoms with E-state index in [-0.39, 0.29) is 22.3 Å². The van der Waals surface area contributed by atoms with Crippen LogP contribution in [-0.2, 0) is 6.54 Å². The van der Waals surface area contributed by atoms with Crippen molar-refractivity contribution in [2.24, 2.45) is 0 Å². The number of phenols is 1. The summed E-state index contributed by atoms with van der Waals surface area (Å²) < 4.78 is 4.85. The Morgan fingerprint density at radius 3 is 2.54 bits per heavy atom. The lowest BCUT2D eigenvalue weighted by atomic mass is 10.1. The summed E-state index contributed by atoms with van der Waals surface area (Å²) in [4.78, 5) is 23.5. The van der Waals surface area contributed by atoms with E-state index in [1.54, 1.807) is 0 Å². The van der Waals surface area contributed by atoms with E-state index < -0.39 is 17.3 Å². The number of benzene rings is 2. The van der Waals surface area contributed by atoms with Crippen LogP contribution in [0.15, 0.2) is 51.7 Å². The molecule has 0 spiro atoms. The molecule has 1 aromatic heterocycles. The number of aryl methyl sites for hydroxylation is 1. The fourth-order valence-electron chi connectivity index (χ4n) is 2.33. The molecule has 3 N–H and O–H groups in total. The molecule has 0 aliphatic carbocycles. The summed E-state index contributed by atoms with van der Waals surface area (Å²) in [5, 5.41) is 22.5. The number of hydrogen-bond donors (Lipinski definition) is 3. The van der Waals surface area contributed by atoms with Crippen molar-refractivity contribution in [3.8, 4) is 11.5 Å². The Morgan fingerprint density at radius 1 is 1.12 bits per heavy atom. The molecule has 1 amide bonds. The Hall–Kier alpha value is -3.28. The second-order valence-corrected chi connectivity index (χ2v) is 5.46. The molecule has 3 aromatic rings. The zero-order valence-corrected chi connectivity index (χ0v) is 12.9. The van der Waals surface area contributed by atoms with Gasteiger partial charge in [-0.2, -0.15) is 0 Å². The smallest absolute Gasteiger partial charge is 0.378 e. The van der Waals surface area contributed by atoms with Gasteiger partial charge in [0, 0.05) is 12.6 Å². The van der Waals surface area contributed by atoms with Crippen LogP contribution < -0.4 is 10.9 Å². The minimum Gasteiger partial charge on any atom is -0.506 e. The minimum absolute atomic E-state index is 0.0304. The van der Waals surface area contributed by atoms with Crippen LogP contribution in [0, 0.1) is 6.92 Å². The van der Waals surface area contributed by atoms with Gasteiger partial charge in [0.15, 0.2) is 0 Å². The SMILES string of the molecule is Cc1ccc(CNC(=O)c2ccc3oc(=O)c(O)cc3c2O)cc1. The van der Waals surface area contributed by atoms with Crippen molar-refractivity contribution in [3.63, 3.8) is 0 Å². The van der Waals surface area contributed by atoms with Crippen LogP contribution in [0.3, 0.4) is 0 Å². The second-order valence-electron chi connectivity index (χ2n) is 5.46. The maximum Gasteiger partial charge on any atom is 0.378 e. The molecule has 0 aliphatic heterocycles. The molecular formula is C18H15NO5. The van der Waals surface area contributed by atoms with Gasteiger partial charge in [-0.05, 0) is 24.6 Å². The Bertz CT molecular complexity index is 973. The van der Waals surface area contributed by atoms with Crippen molar-refractivity contribution in [1.82, 2.24) is 5.32 Å². The molecule has 0 radical (unpaired) electrons. The predicted octanol–water partition coefficient (Wildman–Crippen LogP) is 2.44. The molecule has 1 heterocycles. The van der Waals surface area contributed by atoms with E-state index >= 15 is 0 Å². The lowest BCUT2D eigenvalue weighted by Gasteiger charge is -2.09. The molecule has 122 valence electrons. The molecular weight excluding hydrogens is 310 g/mol. The van der Waals surface area contributed by atoms with E-state index in [9.17, 15) is 19.8 Å². The number of amides is 1.